The Balaban J connectivity index is 0.000000364. The summed E-state index contributed by atoms with van der Waals surface area (Å²) in [4.78, 5) is 3.96. The first-order chi connectivity index (χ1) is 9.32. The van der Waals surface area contributed by atoms with Gasteiger partial charge in [0.05, 0.1) is 22.2 Å². The molecular formula is C16H26AuNOPS+. The number of para-hydroxylation sites is 2. The summed E-state index contributed by atoms with van der Waals surface area (Å²) in [6.07, 6.45) is 0. The van der Waals surface area contributed by atoms with Gasteiger partial charge < -0.3 is 17.0 Å². The number of benzene rings is 1. The summed E-state index contributed by atoms with van der Waals surface area (Å²) < 4.78 is 5.07. The fourth-order valence-corrected chi connectivity index (χ4v) is 7.04. The van der Waals surface area contributed by atoms with Crippen molar-refractivity contribution in [1.29, 1.82) is 0 Å². The van der Waals surface area contributed by atoms with E-state index in [1.165, 1.54) is 0 Å². The van der Waals surface area contributed by atoms with E-state index in [9.17, 15) is 0 Å². The average Bonchev–Trinajstić information content (AvgIpc) is 2.67. The number of nitrogens with zero attached hydrogens (tertiary/aromatic N) is 1. The van der Waals surface area contributed by atoms with E-state index in [2.05, 4.69) is 46.5 Å². The van der Waals surface area contributed by atoms with Crippen molar-refractivity contribution in [1.82, 2.24) is 4.98 Å². The zero-order chi connectivity index (χ0) is 15.3. The molecule has 122 valence electrons. The summed E-state index contributed by atoms with van der Waals surface area (Å²) in [7, 11) is -0.0957. The fourth-order valence-electron chi connectivity index (χ4n) is 2.85. The number of hydrogen-bond acceptors (Lipinski definition) is 3. The molecule has 0 aliphatic carbocycles. The molecule has 0 bridgehead atoms. The molecule has 0 aliphatic rings. The van der Waals surface area contributed by atoms with Crippen LogP contribution in [0.1, 0.15) is 41.5 Å². The molecule has 21 heavy (non-hydrogen) atoms. The Morgan fingerprint density at radius 2 is 1.43 bits per heavy atom. The predicted octanol–water partition coefficient (Wildman–Crippen LogP) is 5.16. The molecule has 0 fully saturated rings. The number of rotatable bonds is 3. The van der Waals surface area contributed by atoms with Crippen LogP contribution in [-0.2, 0) is 35.0 Å². The van der Waals surface area contributed by atoms with E-state index < -0.39 is 0 Å². The molecule has 1 aromatic carbocycles. The van der Waals surface area contributed by atoms with Crippen molar-refractivity contribution in [2.24, 2.45) is 0 Å². The Hall–Kier alpha value is 0.0803. The van der Waals surface area contributed by atoms with E-state index >= 15 is 0 Å². The van der Waals surface area contributed by atoms with Crippen molar-refractivity contribution in [3.05, 3.63) is 24.3 Å². The minimum atomic E-state index is -0.0957. The molecule has 0 amide bonds. The van der Waals surface area contributed by atoms with Gasteiger partial charge in [-0.15, -0.1) is 0 Å². The first-order valence-corrected chi connectivity index (χ1v) is 9.36. The van der Waals surface area contributed by atoms with E-state index in [0.29, 0.717) is 5.22 Å². The number of aromatic nitrogens is 1. The third kappa shape index (κ3) is 6.80. The zero-order valence-corrected chi connectivity index (χ0v) is 17.6. The van der Waals surface area contributed by atoms with Gasteiger partial charge in [-0.25, -0.2) is 4.98 Å². The summed E-state index contributed by atoms with van der Waals surface area (Å²) in [6, 6.07) is 7.51. The van der Waals surface area contributed by atoms with Gasteiger partial charge in [-0.2, -0.15) is 0 Å². The van der Waals surface area contributed by atoms with Gasteiger partial charge in [-0.05, 0) is 53.7 Å². The van der Waals surface area contributed by atoms with Crippen LogP contribution in [0.2, 0.25) is 0 Å². The molecule has 0 unspecified atom stereocenters. The second kappa shape index (κ2) is 9.97. The molecule has 2 aromatic rings. The van der Waals surface area contributed by atoms with E-state index in [-0.39, 0.29) is 30.3 Å². The molecule has 1 aromatic heterocycles. The molecule has 0 spiro atoms. The van der Waals surface area contributed by atoms with E-state index in [1.807, 2.05) is 24.3 Å². The summed E-state index contributed by atoms with van der Waals surface area (Å²) in [5.41, 5.74) is 4.39. The van der Waals surface area contributed by atoms with Crippen LogP contribution in [0.25, 0.3) is 11.1 Å². The fraction of sp³-hybridized carbons (Fsp3) is 0.562. The van der Waals surface area contributed by atoms with Crippen molar-refractivity contribution in [3.8, 4) is 0 Å². The van der Waals surface area contributed by atoms with Gasteiger partial charge >= 0.3 is 22.4 Å². The SMILES string of the molecule is CC(C)[PH+](C(C)C)C(C)C.[Au+].[S-]c1nc2ccccc2o1. The summed E-state index contributed by atoms with van der Waals surface area (Å²) in [6.45, 7) is 14.2. The molecule has 0 saturated heterocycles. The van der Waals surface area contributed by atoms with Gasteiger partial charge in [0.2, 0.25) is 0 Å². The maximum absolute atomic E-state index is 5.07. The molecule has 0 saturated carbocycles. The maximum atomic E-state index is 5.07. The average molecular weight is 508 g/mol. The molecule has 2 rings (SSSR count). The van der Waals surface area contributed by atoms with Gasteiger partial charge in [0, 0.05) is 7.92 Å². The second-order valence-electron chi connectivity index (χ2n) is 5.91. The zero-order valence-electron chi connectivity index (χ0n) is 13.6. The largest absolute Gasteiger partial charge is 1.00 e. The molecule has 0 atom stereocenters. The van der Waals surface area contributed by atoms with Crippen molar-refractivity contribution < 1.29 is 26.8 Å². The second-order valence-corrected chi connectivity index (χ2v) is 10.7. The van der Waals surface area contributed by atoms with Gasteiger partial charge in [-0.3, -0.25) is 0 Å². The summed E-state index contributed by atoms with van der Waals surface area (Å²) in [5.74, 6) is 0. The van der Waals surface area contributed by atoms with Gasteiger partial charge in [0.1, 0.15) is 5.52 Å². The topological polar surface area (TPSA) is 26.0 Å². The van der Waals surface area contributed by atoms with Gasteiger partial charge in [0.25, 0.3) is 0 Å². The first-order valence-electron chi connectivity index (χ1n) is 7.22. The monoisotopic (exact) mass is 508 g/mol. The van der Waals surface area contributed by atoms with Crippen LogP contribution >= 0.6 is 7.92 Å². The maximum Gasteiger partial charge on any atom is 1.00 e. The van der Waals surface area contributed by atoms with Crippen molar-refractivity contribution in [3.63, 3.8) is 0 Å². The Bertz CT molecular complexity index is 476. The van der Waals surface area contributed by atoms with Crippen LogP contribution in [0.5, 0.6) is 0 Å². The molecule has 2 nitrogen and oxygen atoms in total. The van der Waals surface area contributed by atoms with E-state index in [1.54, 1.807) is 0 Å². The van der Waals surface area contributed by atoms with Crippen molar-refractivity contribution >= 4 is 31.7 Å². The summed E-state index contributed by atoms with van der Waals surface area (Å²) in [5, 5.41) is 0.307. The van der Waals surface area contributed by atoms with Crippen LogP contribution in [0.15, 0.2) is 33.9 Å². The van der Waals surface area contributed by atoms with E-state index in [0.717, 1.165) is 28.1 Å². The number of oxazole rings is 1. The minimum absolute atomic E-state index is 0. The van der Waals surface area contributed by atoms with Gasteiger partial charge in [-0.1, -0.05) is 12.1 Å². The number of fused-ring (bicyclic) bond motifs is 1. The van der Waals surface area contributed by atoms with Crippen LogP contribution in [0.3, 0.4) is 0 Å². The smallest absolute Gasteiger partial charge is 0.721 e. The van der Waals surface area contributed by atoms with Crippen molar-refractivity contribution in [2.45, 2.75) is 63.7 Å². The third-order valence-electron chi connectivity index (χ3n) is 3.27. The van der Waals surface area contributed by atoms with Gasteiger partial charge in [0.15, 0.2) is 5.58 Å². The predicted molar refractivity (Wildman–Crippen MR) is 93.4 cm³/mol. The van der Waals surface area contributed by atoms with Crippen LogP contribution < -0.4 is 0 Å². The normalized spacial score (nSPS) is 11.0. The quantitative estimate of drug-likeness (QED) is 0.326. The Morgan fingerprint density at radius 1 is 0.952 bits per heavy atom. The molecule has 0 radical (unpaired) electrons. The Labute approximate surface area is 151 Å². The molecule has 1 heterocycles. The molecule has 5 heteroatoms. The number of hydrogen-bond donors (Lipinski definition) is 0. The van der Waals surface area contributed by atoms with Crippen LogP contribution in [-0.4, -0.2) is 22.0 Å². The van der Waals surface area contributed by atoms with Crippen LogP contribution in [0.4, 0.5) is 0 Å². The molecular weight excluding hydrogens is 482 g/mol. The molecule has 0 aliphatic heterocycles. The Morgan fingerprint density at radius 3 is 1.81 bits per heavy atom. The van der Waals surface area contributed by atoms with Crippen molar-refractivity contribution in [2.75, 3.05) is 0 Å². The Kier molecular flexibility index (Phi) is 10.0. The third-order valence-corrected chi connectivity index (χ3v) is 7.45. The first kappa shape index (κ1) is 21.1. The van der Waals surface area contributed by atoms with Crippen LogP contribution in [0, 0.1) is 0 Å². The molecule has 0 N–H and O–H groups in total. The standard InChI is InChI=1S/C9H21P.C7H5NOS.Au/c1-7(2)10(8(3)4)9(5)6;10-7-8-5-3-1-2-4-6(5)9-7;/h7-9H,1-6H3;1-4H,(H,8,10);/q;;+1. The summed E-state index contributed by atoms with van der Waals surface area (Å²) >= 11 is 4.74. The minimum Gasteiger partial charge on any atom is -0.721 e. The van der Waals surface area contributed by atoms with E-state index in [4.69, 9.17) is 17.0 Å².